The Balaban J connectivity index is 1.54. The van der Waals surface area contributed by atoms with Gasteiger partial charge in [0.2, 0.25) is 5.91 Å². The van der Waals surface area contributed by atoms with Gasteiger partial charge in [-0.1, -0.05) is 0 Å². The number of aromatic nitrogens is 1. The maximum atomic E-state index is 13.7. The number of piperidine rings is 1. The van der Waals surface area contributed by atoms with E-state index < -0.39 is 0 Å². The van der Waals surface area contributed by atoms with Gasteiger partial charge in [-0.3, -0.25) is 14.7 Å². The second-order valence-electron chi connectivity index (χ2n) is 8.27. The van der Waals surface area contributed by atoms with Crippen molar-refractivity contribution in [3.8, 4) is 5.75 Å². The van der Waals surface area contributed by atoms with Crippen molar-refractivity contribution < 1.29 is 14.6 Å². The van der Waals surface area contributed by atoms with Gasteiger partial charge in [0, 0.05) is 25.3 Å². The predicted octanol–water partition coefficient (Wildman–Crippen LogP) is 2.35. The number of carbonyl (C=O) groups excluding carboxylic acids is 1. The van der Waals surface area contributed by atoms with Crippen molar-refractivity contribution in [2.24, 2.45) is 0 Å². The van der Waals surface area contributed by atoms with Gasteiger partial charge in [0.25, 0.3) is 0 Å². The summed E-state index contributed by atoms with van der Waals surface area (Å²) >= 11 is 0. The molecule has 0 bridgehead atoms. The molecule has 2 saturated heterocycles. The molecule has 1 aromatic heterocycles. The maximum Gasteiger partial charge on any atom is 0.243 e. The average molecular weight is 373 g/mol. The van der Waals surface area contributed by atoms with Crippen LogP contribution in [-0.4, -0.2) is 63.7 Å². The molecule has 0 aromatic carbocycles. The molecular formula is C21H31N3O3. The summed E-state index contributed by atoms with van der Waals surface area (Å²) in [6.45, 7) is 2.46. The van der Waals surface area contributed by atoms with Crippen LogP contribution >= 0.6 is 0 Å². The number of rotatable bonds is 4. The van der Waals surface area contributed by atoms with Crippen molar-refractivity contribution in [2.45, 2.75) is 75.6 Å². The number of likely N-dealkylation sites (tertiary alicyclic amines) is 2. The minimum atomic E-state index is -0.378. The summed E-state index contributed by atoms with van der Waals surface area (Å²) in [5.41, 5.74) is 0.531. The first-order valence-corrected chi connectivity index (χ1v) is 10.4. The van der Waals surface area contributed by atoms with E-state index in [4.69, 9.17) is 4.74 Å². The minimum Gasteiger partial charge on any atom is -0.495 e. The molecule has 3 heterocycles. The Hall–Kier alpha value is -1.66. The Kier molecular flexibility index (Phi) is 5.37. The fraction of sp³-hybridized carbons (Fsp3) is 0.714. The van der Waals surface area contributed by atoms with Crippen LogP contribution in [0.5, 0.6) is 5.75 Å². The Labute approximate surface area is 161 Å². The highest BCUT2D eigenvalue weighted by Gasteiger charge is 2.52. The molecule has 2 aliphatic heterocycles. The molecule has 1 unspecified atom stereocenters. The molecule has 6 nitrogen and oxygen atoms in total. The molecule has 148 valence electrons. The van der Waals surface area contributed by atoms with Gasteiger partial charge in [-0.05, 0) is 70.0 Å². The number of aliphatic hydroxyl groups is 1. The lowest BCUT2D eigenvalue weighted by atomic mass is 9.82. The SMILES string of the molecule is COc1cccnc1CN1CCCC12CCCN(C1CCC(O)CC1)C2=O. The number of carbonyl (C=O) groups is 1. The van der Waals surface area contributed by atoms with E-state index in [9.17, 15) is 9.90 Å². The van der Waals surface area contributed by atoms with Crippen molar-refractivity contribution in [2.75, 3.05) is 20.2 Å². The molecule has 1 spiro atoms. The third-order valence-electron chi connectivity index (χ3n) is 6.79. The number of hydrogen-bond acceptors (Lipinski definition) is 5. The van der Waals surface area contributed by atoms with E-state index in [1.54, 1.807) is 13.3 Å². The number of nitrogens with zero attached hydrogens (tertiary/aromatic N) is 3. The molecule has 27 heavy (non-hydrogen) atoms. The number of ether oxygens (including phenoxy) is 1. The first kappa shape index (κ1) is 18.7. The summed E-state index contributed by atoms with van der Waals surface area (Å²) in [7, 11) is 1.67. The second kappa shape index (κ2) is 7.76. The van der Waals surface area contributed by atoms with Crippen LogP contribution in [-0.2, 0) is 11.3 Å². The van der Waals surface area contributed by atoms with E-state index in [0.717, 1.165) is 75.9 Å². The number of amides is 1. The van der Waals surface area contributed by atoms with Gasteiger partial charge in [-0.2, -0.15) is 0 Å². The molecule has 3 aliphatic rings. The highest BCUT2D eigenvalue weighted by Crippen LogP contribution is 2.41. The van der Waals surface area contributed by atoms with Crippen molar-refractivity contribution in [1.82, 2.24) is 14.8 Å². The highest BCUT2D eigenvalue weighted by molar-refractivity contribution is 5.88. The smallest absolute Gasteiger partial charge is 0.243 e. The molecule has 1 atom stereocenters. The van der Waals surface area contributed by atoms with Crippen LogP contribution in [0.1, 0.15) is 57.1 Å². The van der Waals surface area contributed by atoms with Crippen molar-refractivity contribution in [3.05, 3.63) is 24.0 Å². The summed E-state index contributed by atoms with van der Waals surface area (Å²) in [4.78, 5) is 22.7. The number of methoxy groups -OCH3 is 1. The van der Waals surface area contributed by atoms with Gasteiger partial charge >= 0.3 is 0 Å². The van der Waals surface area contributed by atoms with E-state index >= 15 is 0 Å². The molecule has 0 radical (unpaired) electrons. The van der Waals surface area contributed by atoms with Crippen LogP contribution < -0.4 is 4.74 Å². The fourth-order valence-corrected chi connectivity index (χ4v) is 5.33. The Morgan fingerprint density at radius 3 is 2.70 bits per heavy atom. The quantitative estimate of drug-likeness (QED) is 0.878. The zero-order valence-electron chi connectivity index (χ0n) is 16.3. The lowest BCUT2D eigenvalue weighted by molar-refractivity contribution is -0.152. The molecule has 3 fully saturated rings. The van der Waals surface area contributed by atoms with Crippen LogP contribution in [0.4, 0.5) is 0 Å². The lowest BCUT2D eigenvalue weighted by Crippen LogP contribution is -2.62. The lowest BCUT2D eigenvalue weighted by Gasteiger charge is -2.48. The average Bonchev–Trinajstić information content (AvgIpc) is 3.08. The van der Waals surface area contributed by atoms with Gasteiger partial charge in [-0.25, -0.2) is 0 Å². The van der Waals surface area contributed by atoms with Gasteiger partial charge in [0.05, 0.1) is 18.9 Å². The van der Waals surface area contributed by atoms with Crippen LogP contribution in [0.15, 0.2) is 18.3 Å². The largest absolute Gasteiger partial charge is 0.495 e. The van der Waals surface area contributed by atoms with E-state index in [1.807, 2.05) is 12.1 Å². The number of aliphatic hydroxyl groups excluding tert-OH is 1. The molecule has 1 amide bonds. The normalized spacial score (nSPS) is 32.2. The monoisotopic (exact) mass is 373 g/mol. The van der Waals surface area contributed by atoms with Crippen LogP contribution in [0.25, 0.3) is 0 Å². The van der Waals surface area contributed by atoms with Crippen molar-refractivity contribution >= 4 is 5.91 Å². The molecular weight excluding hydrogens is 342 g/mol. The predicted molar refractivity (Wildman–Crippen MR) is 102 cm³/mol. The van der Waals surface area contributed by atoms with E-state index in [2.05, 4.69) is 14.8 Å². The van der Waals surface area contributed by atoms with Crippen molar-refractivity contribution in [1.29, 1.82) is 0 Å². The second-order valence-corrected chi connectivity index (χ2v) is 8.27. The highest BCUT2D eigenvalue weighted by atomic mass is 16.5. The number of hydrogen-bond donors (Lipinski definition) is 1. The summed E-state index contributed by atoms with van der Waals surface area (Å²) < 4.78 is 5.48. The molecule has 4 rings (SSSR count). The van der Waals surface area contributed by atoms with Crippen LogP contribution in [0.2, 0.25) is 0 Å². The number of pyridine rings is 1. The Morgan fingerprint density at radius 2 is 1.96 bits per heavy atom. The summed E-state index contributed by atoms with van der Waals surface area (Å²) in [6, 6.07) is 4.12. The van der Waals surface area contributed by atoms with Gasteiger partial charge in [0.1, 0.15) is 11.3 Å². The van der Waals surface area contributed by atoms with Crippen LogP contribution in [0, 0.1) is 0 Å². The van der Waals surface area contributed by atoms with Gasteiger partial charge in [-0.15, -0.1) is 0 Å². The molecule has 1 aromatic rings. The maximum absolute atomic E-state index is 13.7. The zero-order valence-corrected chi connectivity index (χ0v) is 16.3. The van der Waals surface area contributed by atoms with Gasteiger partial charge in [0.15, 0.2) is 0 Å². The van der Waals surface area contributed by atoms with E-state index in [0.29, 0.717) is 18.5 Å². The topological polar surface area (TPSA) is 65.9 Å². The van der Waals surface area contributed by atoms with E-state index in [-0.39, 0.29) is 11.6 Å². The first-order chi connectivity index (χ1) is 13.1. The summed E-state index contributed by atoms with van der Waals surface area (Å²) in [5.74, 6) is 1.10. The van der Waals surface area contributed by atoms with Crippen LogP contribution in [0.3, 0.4) is 0 Å². The fourth-order valence-electron chi connectivity index (χ4n) is 5.33. The zero-order chi connectivity index (χ0) is 18.9. The first-order valence-electron chi connectivity index (χ1n) is 10.4. The van der Waals surface area contributed by atoms with E-state index in [1.165, 1.54) is 0 Å². The van der Waals surface area contributed by atoms with Crippen molar-refractivity contribution in [3.63, 3.8) is 0 Å². The van der Waals surface area contributed by atoms with Gasteiger partial charge < -0.3 is 14.7 Å². The summed E-state index contributed by atoms with van der Waals surface area (Å²) in [6.07, 6.45) is 9.08. The Bertz CT molecular complexity index is 674. The summed E-state index contributed by atoms with van der Waals surface area (Å²) in [5, 5.41) is 9.82. The third-order valence-corrected chi connectivity index (χ3v) is 6.79. The molecule has 1 aliphatic carbocycles. The Morgan fingerprint density at radius 1 is 1.22 bits per heavy atom. The third kappa shape index (κ3) is 3.45. The minimum absolute atomic E-state index is 0.185. The standard InChI is InChI=1S/C21H31N3O3/c1-27-19-5-2-12-22-18(19)15-23-13-3-10-21(23)11-4-14-24(20(21)26)16-6-8-17(25)9-7-16/h2,5,12,16-17,25H,3-4,6-11,13-15H2,1H3. The molecule has 6 heteroatoms. The molecule has 1 N–H and O–H groups in total. The molecule has 1 saturated carbocycles.